The number of halogens is 8. The smallest absolute Gasteiger partial charge is 0.420 e. The van der Waals surface area contributed by atoms with Crippen molar-refractivity contribution in [3.8, 4) is 17.2 Å². The van der Waals surface area contributed by atoms with Crippen LogP contribution in [-0.2, 0) is 12.4 Å². The van der Waals surface area contributed by atoms with Crippen LogP contribution in [0.15, 0.2) is 53.0 Å². The first-order chi connectivity index (χ1) is 12.5. The molecule has 0 amide bonds. The van der Waals surface area contributed by atoms with Gasteiger partial charge in [0, 0.05) is 0 Å². The van der Waals surface area contributed by atoms with Crippen molar-refractivity contribution in [1.29, 1.82) is 0 Å². The number of hydrogen-bond donors (Lipinski definition) is 0. The predicted octanol–water partition coefficient (Wildman–Crippen LogP) is 7.21. The molecule has 0 bridgehead atoms. The molecule has 2 aromatic carbocycles. The van der Waals surface area contributed by atoms with Gasteiger partial charge in [-0.1, -0.05) is 23.2 Å². The van der Waals surface area contributed by atoms with E-state index in [1.807, 2.05) is 0 Å². The van der Waals surface area contributed by atoms with Crippen LogP contribution in [0.4, 0.5) is 26.3 Å². The zero-order valence-corrected chi connectivity index (χ0v) is 14.7. The number of benzene rings is 2. The number of ether oxygens (including phenoxy) is 2. The summed E-state index contributed by atoms with van der Waals surface area (Å²) in [6, 6.07) is 6.44. The summed E-state index contributed by atoms with van der Waals surface area (Å²) in [5.41, 5.74) is -2.02. The van der Waals surface area contributed by atoms with E-state index in [9.17, 15) is 26.3 Å². The minimum absolute atomic E-state index is 0.0540. The lowest BCUT2D eigenvalue weighted by molar-refractivity contribution is -0.139. The molecule has 0 N–H and O–H groups in total. The summed E-state index contributed by atoms with van der Waals surface area (Å²) in [6.45, 7) is -0.287. The minimum Gasteiger partial charge on any atom is -0.489 e. The molecule has 0 heterocycles. The Hall–Kier alpha value is -2.06. The summed E-state index contributed by atoms with van der Waals surface area (Å²) < 4.78 is 87.2. The van der Waals surface area contributed by atoms with E-state index in [1.54, 1.807) is 0 Å². The molecule has 0 aromatic heterocycles. The van der Waals surface area contributed by atoms with Gasteiger partial charge < -0.3 is 9.47 Å². The minimum atomic E-state index is -4.75. The van der Waals surface area contributed by atoms with Crippen LogP contribution in [0.1, 0.15) is 11.1 Å². The highest BCUT2D eigenvalue weighted by Crippen LogP contribution is 2.39. The fourth-order valence-corrected chi connectivity index (χ4v) is 2.09. The van der Waals surface area contributed by atoms with E-state index < -0.39 is 29.2 Å². The molecule has 0 radical (unpaired) electrons. The second-order valence-electron chi connectivity index (χ2n) is 5.08. The molecule has 0 saturated carbocycles. The Morgan fingerprint density at radius 2 is 1.44 bits per heavy atom. The van der Waals surface area contributed by atoms with E-state index in [1.165, 1.54) is 6.07 Å². The normalized spacial score (nSPS) is 11.9. The maximum atomic E-state index is 13.2. The highest BCUT2D eigenvalue weighted by atomic mass is 35.5. The summed E-state index contributed by atoms with van der Waals surface area (Å²) in [5, 5.41) is 0. The van der Waals surface area contributed by atoms with Gasteiger partial charge in [-0.25, -0.2) is 0 Å². The van der Waals surface area contributed by atoms with Crippen LogP contribution in [-0.4, -0.2) is 6.61 Å². The van der Waals surface area contributed by atoms with Gasteiger partial charge in [-0.05, 0) is 48.5 Å². The Kier molecular flexibility index (Phi) is 6.54. The standard InChI is InChI=1S/C17H10Cl2F6O2/c18-15(19)7-8-26-14-6-5-12(9-13(14)17(23,24)25)27-11-3-1-10(2-4-11)16(20,21)22/h1-7,9H,8H2. The average molecular weight is 431 g/mol. The van der Waals surface area contributed by atoms with Crippen LogP contribution >= 0.6 is 23.2 Å². The van der Waals surface area contributed by atoms with Gasteiger partial charge in [-0.3, -0.25) is 0 Å². The molecule has 2 aromatic rings. The highest BCUT2D eigenvalue weighted by Gasteiger charge is 2.35. The topological polar surface area (TPSA) is 18.5 Å². The predicted molar refractivity (Wildman–Crippen MR) is 88.2 cm³/mol. The third-order valence-corrected chi connectivity index (χ3v) is 3.46. The van der Waals surface area contributed by atoms with E-state index in [0.29, 0.717) is 6.07 Å². The molecular formula is C17H10Cl2F6O2. The molecule has 27 heavy (non-hydrogen) atoms. The summed E-state index contributed by atoms with van der Waals surface area (Å²) in [4.78, 5) is 0. The van der Waals surface area contributed by atoms with Crippen LogP contribution in [0, 0.1) is 0 Å². The first kappa shape index (κ1) is 21.2. The molecule has 0 fully saturated rings. The van der Waals surface area contributed by atoms with Crippen molar-refractivity contribution < 1.29 is 35.8 Å². The first-order valence-corrected chi connectivity index (χ1v) is 7.93. The fourth-order valence-electron chi connectivity index (χ4n) is 1.96. The molecule has 0 spiro atoms. The molecule has 10 heteroatoms. The van der Waals surface area contributed by atoms with Crippen molar-refractivity contribution in [2.24, 2.45) is 0 Å². The van der Waals surface area contributed by atoms with E-state index in [2.05, 4.69) is 0 Å². The number of alkyl halides is 6. The second kappa shape index (κ2) is 8.31. The Labute approximate surface area is 159 Å². The van der Waals surface area contributed by atoms with Crippen molar-refractivity contribution in [2.75, 3.05) is 6.61 Å². The van der Waals surface area contributed by atoms with Crippen LogP contribution in [0.25, 0.3) is 0 Å². The lowest BCUT2D eigenvalue weighted by atomic mass is 10.1. The summed E-state index contributed by atoms with van der Waals surface area (Å²) >= 11 is 10.7. The van der Waals surface area contributed by atoms with Crippen molar-refractivity contribution in [1.82, 2.24) is 0 Å². The maximum absolute atomic E-state index is 13.2. The van der Waals surface area contributed by atoms with Crippen LogP contribution in [0.5, 0.6) is 17.2 Å². The third-order valence-electron chi connectivity index (χ3n) is 3.15. The van der Waals surface area contributed by atoms with Crippen molar-refractivity contribution in [3.63, 3.8) is 0 Å². The van der Waals surface area contributed by atoms with Crippen molar-refractivity contribution >= 4 is 23.2 Å². The molecule has 146 valence electrons. The van der Waals surface area contributed by atoms with Crippen LogP contribution in [0.3, 0.4) is 0 Å². The summed E-state index contributed by atoms with van der Waals surface area (Å²) in [5.74, 6) is -0.755. The molecule has 0 unspecified atom stereocenters. The molecule has 0 aliphatic rings. The largest absolute Gasteiger partial charge is 0.489 e. The zero-order valence-electron chi connectivity index (χ0n) is 13.2. The average Bonchev–Trinajstić information content (AvgIpc) is 2.54. The molecule has 0 atom stereocenters. The number of hydrogen-bond acceptors (Lipinski definition) is 2. The van der Waals surface area contributed by atoms with E-state index >= 15 is 0 Å². The van der Waals surface area contributed by atoms with Crippen LogP contribution < -0.4 is 9.47 Å². The van der Waals surface area contributed by atoms with E-state index in [0.717, 1.165) is 36.4 Å². The van der Waals surface area contributed by atoms with Crippen molar-refractivity contribution in [3.05, 3.63) is 64.2 Å². The molecule has 0 aliphatic heterocycles. The Morgan fingerprint density at radius 1 is 0.852 bits per heavy atom. The zero-order chi connectivity index (χ0) is 20.2. The van der Waals surface area contributed by atoms with E-state index in [-0.39, 0.29) is 22.6 Å². The van der Waals surface area contributed by atoms with Crippen LogP contribution in [0.2, 0.25) is 0 Å². The lowest BCUT2D eigenvalue weighted by Gasteiger charge is -2.15. The quantitative estimate of drug-likeness (QED) is 0.466. The fraction of sp³-hybridized carbons (Fsp3) is 0.176. The van der Waals surface area contributed by atoms with Gasteiger partial charge in [0.2, 0.25) is 0 Å². The lowest BCUT2D eigenvalue weighted by Crippen LogP contribution is -2.09. The Bertz CT molecular complexity index is 810. The molecule has 2 nitrogen and oxygen atoms in total. The van der Waals surface area contributed by atoms with Gasteiger partial charge in [-0.2, -0.15) is 26.3 Å². The molecule has 2 rings (SSSR count). The molecule has 0 saturated heterocycles. The van der Waals surface area contributed by atoms with Gasteiger partial charge in [0.15, 0.2) is 0 Å². The summed E-state index contributed by atoms with van der Waals surface area (Å²) in [7, 11) is 0. The third kappa shape index (κ3) is 6.25. The number of rotatable bonds is 5. The summed E-state index contributed by atoms with van der Waals surface area (Å²) in [6.07, 6.45) is -8.11. The van der Waals surface area contributed by atoms with Gasteiger partial charge in [0.05, 0.1) is 5.56 Å². The Balaban J connectivity index is 2.24. The second-order valence-corrected chi connectivity index (χ2v) is 6.09. The SMILES string of the molecule is FC(F)(F)c1ccc(Oc2ccc(OCC=C(Cl)Cl)c(C(F)(F)F)c2)cc1. The van der Waals surface area contributed by atoms with Gasteiger partial charge in [0.25, 0.3) is 0 Å². The maximum Gasteiger partial charge on any atom is 0.420 e. The van der Waals surface area contributed by atoms with Gasteiger partial charge in [0.1, 0.15) is 33.9 Å². The Morgan fingerprint density at radius 3 is 1.96 bits per heavy atom. The molecular weight excluding hydrogens is 421 g/mol. The molecule has 0 aliphatic carbocycles. The monoisotopic (exact) mass is 430 g/mol. The van der Waals surface area contributed by atoms with Gasteiger partial charge >= 0.3 is 12.4 Å². The van der Waals surface area contributed by atoms with E-state index in [4.69, 9.17) is 32.7 Å². The van der Waals surface area contributed by atoms with Crippen molar-refractivity contribution in [2.45, 2.75) is 12.4 Å². The van der Waals surface area contributed by atoms with Gasteiger partial charge in [-0.15, -0.1) is 0 Å². The highest BCUT2D eigenvalue weighted by molar-refractivity contribution is 6.55. The first-order valence-electron chi connectivity index (χ1n) is 7.17.